The Balaban J connectivity index is 1.66. The molecule has 0 unspecified atom stereocenters. The average Bonchev–Trinajstić information content (AvgIpc) is 3.47. The fourth-order valence-electron chi connectivity index (χ4n) is 5.29. The van der Waals surface area contributed by atoms with Crippen LogP contribution in [0.2, 0.25) is 0 Å². The topological polar surface area (TPSA) is 97.7 Å². The molecule has 2 atom stereocenters. The lowest BCUT2D eigenvalue weighted by Gasteiger charge is -2.36. The second kappa shape index (κ2) is 7.25. The Morgan fingerprint density at radius 3 is 2.37 bits per heavy atom. The van der Waals surface area contributed by atoms with Crippen molar-refractivity contribution in [1.82, 2.24) is 14.8 Å². The summed E-state index contributed by atoms with van der Waals surface area (Å²) in [6.45, 7) is 5.21. The molecule has 162 valence electrons. The van der Waals surface area contributed by atoms with Gasteiger partial charge < -0.3 is 14.6 Å². The second-order valence-electron chi connectivity index (χ2n) is 8.88. The van der Waals surface area contributed by atoms with Crippen molar-refractivity contribution >= 4 is 23.7 Å². The van der Waals surface area contributed by atoms with Crippen molar-refractivity contribution in [3.63, 3.8) is 0 Å². The van der Waals surface area contributed by atoms with E-state index >= 15 is 0 Å². The molecule has 8 heteroatoms. The van der Waals surface area contributed by atoms with Gasteiger partial charge in [0.25, 0.3) is 5.91 Å². The number of nitrogens with zero attached hydrogens (tertiary/aromatic N) is 2. The highest BCUT2D eigenvalue weighted by molar-refractivity contribution is 6.14. The molecule has 1 aromatic rings. The van der Waals surface area contributed by atoms with E-state index in [1.54, 1.807) is 6.92 Å². The molecule has 1 N–H and O–H groups in total. The molecule has 2 heterocycles. The maximum absolute atomic E-state index is 13.3. The second-order valence-corrected chi connectivity index (χ2v) is 8.88. The van der Waals surface area contributed by atoms with Crippen LogP contribution in [0.1, 0.15) is 83.6 Å². The number of ether oxygens (including phenoxy) is 1. The number of urea groups is 1. The van der Waals surface area contributed by atoms with Gasteiger partial charge in [0, 0.05) is 17.4 Å². The molecule has 1 spiro atoms. The highest BCUT2D eigenvalue weighted by Crippen LogP contribution is 2.41. The van der Waals surface area contributed by atoms with E-state index in [-0.39, 0.29) is 35.5 Å². The minimum absolute atomic E-state index is 0.0216. The Kier molecular flexibility index (Phi) is 4.98. The van der Waals surface area contributed by atoms with Gasteiger partial charge in [-0.15, -0.1) is 0 Å². The Labute approximate surface area is 175 Å². The van der Waals surface area contributed by atoms with Crippen molar-refractivity contribution in [3.8, 4) is 0 Å². The van der Waals surface area contributed by atoms with E-state index in [1.807, 2.05) is 18.4 Å². The van der Waals surface area contributed by atoms with Crippen molar-refractivity contribution < 1.29 is 23.9 Å². The lowest BCUT2D eigenvalue weighted by Crippen LogP contribution is -2.54. The fraction of sp³-hybridized carbons (Fsp3) is 0.636. The first kappa shape index (κ1) is 20.6. The SMILES string of the molecule is COC(=O)c1c(C(=O)CN2C(=O)N[C@]3(CCCC[C@@H]3C)C2=O)c(C)n(C2CC2)c1C. The molecule has 2 aliphatic carbocycles. The molecule has 8 nitrogen and oxygen atoms in total. The van der Waals surface area contributed by atoms with E-state index in [1.165, 1.54) is 7.11 Å². The maximum atomic E-state index is 13.3. The lowest BCUT2D eigenvalue weighted by atomic mass is 9.73. The van der Waals surface area contributed by atoms with E-state index in [2.05, 4.69) is 5.32 Å². The van der Waals surface area contributed by atoms with Crippen molar-refractivity contribution in [3.05, 3.63) is 22.5 Å². The van der Waals surface area contributed by atoms with E-state index in [4.69, 9.17) is 4.74 Å². The molecule has 0 aromatic carbocycles. The first-order chi connectivity index (χ1) is 14.2. The standard InChI is InChI=1S/C22H29N3O5/c1-12-7-5-6-10-22(12)20(28)24(21(29)23-22)11-16(26)17-13(2)25(15-8-9-15)14(3)18(17)19(27)30-4/h12,15H,5-11H2,1-4H3,(H,23,29)/t12-,22-/m0/s1. The first-order valence-corrected chi connectivity index (χ1v) is 10.7. The number of esters is 1. The van der Waals surface area contributed by atoms with Gasteiger partial charge in [-0.1, -0.05) is 19.8 Å². The van der Waals surface area contributed by atoms with Gasteiger partial charge in [0.2, 0.25) is 0 Å². The first-order valence-electron chi connectivity index (χ1n) is 10.7. The van der Waals surface area contributed by atoms with E-state index in [9.17, 15) is 19.2 Å². The van der Waals surface area contributed by atoms with Gasteiger partial charge in [0.15, 0.2) is 5.78 Å². The van der Waals surface area contributed by atoms with Crippen LogP contribution < -0.4 is 5.32 Å². The summed E-state index contributed by atoms with van der Waals surface area (Å²) in [5.41, 5.74) is 0.961. The predicted octanol–water partition coefficient (Wildman–Crippen LogP) is 2.91. The summed E-state index contributed by atoms with van der Waals surface area (Å²) >= 11 is 0. The number of aromatic nitrogens is 1. The Morgan fingerprint density at radius 2 is 1.77 bits per heavy atom. The summed E-state index contributed by atoms with van der Waals surface area (Å²) in [5, 5.41) is 2.87. The largest absolute Gasteiger partial charge is 0.465 e. The van der Waals surface area contributed by atoms with Crippen LogP contribution in [0, 0.1) is 19.8 Å². The van der Waals surface area contributed by atoms with Gasteiger partial charge in [0.1, 0.15) is 5.54 Å². The number of rotatable bonds is 5. The fourth-order valence-corrected chi connectivity index (χ4v) is 5.29. The number of carbonyl (C=O) groups is 4. The van der Waals surface area contributed by atoms with Crippen LogP contribution in [0.3, 0.4) is 0 Å². The van der Waals surface area contributed by atoms with Crippen LogP contribution >= 0.6 is 0 Å². The van der Waals surface area contributed by atoms with Crippen molar-refractivity contribution in [2.45, 2.75) is 70.9 Å². The van der Waals surface area contributed by atoms with Crippen molar-refractivity contribution in [2.75, 3.05) is 13.7 Å². The van der Waals surface area contributed by atoms with Gasteiger partial charge in [-0.2, -0.15) is 0 Å². The molecule has 30 heavy (non-hydrogen) atoms. The number of hydrogen-bond acceptors (Lipinski definition) is 5. The zero-order valence-electron chi connectivity index (χ0n) is 18.0. The third kappa shape index (κ3) is 2.96. The number of imide groups is 1. The summed E-state index contributed by atoms with van der Waals surface area (Å²) in [6, 6.07) is -0.254. The van der Waals surface area contributed by atoms with Crippen LogP contribution in [0.15, 0.2) is 0 Å². The lowest BCUT2D eigenvalue weighted by molar-refractivity contribution is -0.133. The minimum atomic E-state index is -0.911. The molecule has 1 aliphatic heterocycles. The van der Waals surface area contributed by atoms with Gasteiger partial charge in [-0.25, -0.2) is 9.59 Å². The quantitative estimate of drug-likeness (QED) is 0.453. The molecule has 3 aliphatic rings. The molecular weight excluding hydrogens is 386 g/mol. The molecular formula is C22H29N3O5. The van der Waals surface area contributed by atoms with Crippen LogP contribution in [0.4, 0.5) is 4.79 Å². The molecule has 3 fully saturated rings. The molecule has 2 saturated carbocycles. The Morgan fingerprint density at radius 1 is 1.10 bits per heavy atom. The average molecular weight is 415 g/mol. The summed E-state index contributed by atoms with van der Waals surface area (Å²) in [5.74, 6) is -1.30. The zero-order valence-corrected chi connectivity index (χ0v) is 18.0. The smallest absolute Gasteiger partial charge is 0.340 e. The molecule has 1 saturated heterocycles. The summed E-state index contributed by atoms with van der Waals surface area (Å²) in [6.07, 6.45) is 5.35. The minimum Gasteiger partial charge on any atom is -0.465 e. The predicted molar refractivity (Wildman–Crippen MR) is 108 cm³/mol. The number of methoxy groups -OCH3 is 1. The third-order valence-corrected chi connectivity index (χ3v) is 7.08. The van der Waals surface area contributed by atoms with Gasteiger partial charge in [-0.05, 0) is 45.4 Å². The molecule has 4 rings (SSSR count). The van der Waals surface area contributed by atoms with Gasteiger partial charge >= 0.3 is 12.0 Å². The molecule has 0 radical (unpaired) electrons. The number of hydrogen-bond donors (Lipinski definition) is 1. The molecule has 3 amide bonds. The highest BCUT2D eigenvalue weighted by atomic mass is 16.5. The number of ketones is 1. The van der Waals surface area contributed by atoms with Crippen LogP contribution in [0.25, 0.3) is 0 Å². The van der Waals surface area contributed by atoms with E-state index in [0.29, 0.717) is 17.8 Å². The van der Waals surface area contributed by atoms with Crippen LogP contribution in [-0.4, -0.2) is 52.4 Å². The summed E-state index contributed by atoms with van der Waals surface area (Å²) in [7, 11) is 1.28. The van der Waals surface area contributed by atoms with Gasteiger partial charge in [0.05, 0.1) is 24.8 Å². The van der Waals surface area contributed by atoms with Crippen LogP contribution in [0.5, 0.6) is 0 Å². The molecule has 0 bridgehead atoms. The normalized spacial score (nSPS) is 26.3. The van der Waals surface area contributed by atoms with Crippen molar-refractivity contribution in [2.24, 2.45) is 5.92 Å². The zero-order chi connectivity index (χ0) is 21.8. The maximum Gasteiger partial charge on any atom is 0.340 e. The monoisotopic (exact) mass is 415 g/mol. The van der Waals surface area contributed by atoms with Gasteiger partial charge in [-0.3, -0.25) is 14.5 Å². The highest BCUT2D eigenvalue weighted by Gasteiger charge is 2.55. The number of nitrogens with one attached hydrogen (secondary N) is 1. The summed E-state index contributed by atoms with van der Waals surface area (Å²) < 4.78 is 6.94. The third-order valence-electron chi connectivity index (χ3n) is 7.08. The summed E-state index contributed by atoms with van der Waals surface area (Å²) in [4.78, 5) is 52.7. The van der Waals surface area contributed by atoms with E-state index < -0.39 is 23.3 Å². The van der Waals surface area contributed by atoms with Crippen LogP contribution in [-0.2, 0) is 9.53 Å². The number of amides is 3. The molecule has 1 aromatic heterocycles. The Hall–Kier alpha value is -2.64. The number of carbonyl (C=O) groups excluding carboxylic acids is 4. The Bertz CT molecular complexity index is 945. The van der Waals surface area contributed by atoms with Crippen molar-refractivity contribution in [1.29, 1.82) is 0 Å². The number of Topliss-reactive ketones (excluding diaryl/α,β-unsaturated/α-hetero) is 1. The van der Waals surface area contributed by atoms with E-state index in [0.717, 1.165) is 37.0 Å².